The van der Waals surface area contributed by atoms with Crippen LogP contribution in [0.2, 0.25) is 0 Å². The molecule has 1 aliphatic heterocycles. The van der Waals surface area contributed by atoms with Gasteiger partial charge in [0.25, 0.3) is 0 Å². The standard InChI is InChI=1S/C34H35BrO/c1-22-8-18-29-28-19-17-27(35)21-30(28)34(36-31(29)20-22,25-13-9-23(10-14-25)32(2,3)4)26-15-11-24(12-16-26)33(5,6)7/h8-21H,1-7H3. The normalized spacial score (nSPS) is 14.6. The summed E-state index contributed by atoms with van der Waals surface area (Å²) in [4.78, 5) is 0. The molecule has 0 aliphatic carbocycles. The molecule has 1 aliphatic rings. The first-order valence-electron chi connectivity index (χ1n) is 12.7. The number of fused-ring (bicyclic) bond motifs is 3. The fourth-order valence-corrected chi connectivity index (χ4v) is 5.57. The van der Waals surface area contributed by atoms with E-state index in [4.69, 9.17) is 4.74 Å². The third kappa shape index (κ3) is 4.20. The Morgan fingerprint density at radius 1 is 0.611 bits per heavy atom. The Morgan fingerprint density at radius 2 is 1.11 bits per heavy atom. The summed E-state index contributed by atoms with van der Waals surface area (Å²) in [5, 5.41) is 0. The minimum atomic E-state index is -0.771. The summed E-state index contributed by atoms with van der Waals surface area (Å²) in [6.45, 7) is 15.7. The first-order valence-corrected chi connectivity index (χ1v) is 13.5. The van der Waals surface area contributed by atoms with E-state index in [-0.39, 0.29) is 10.8 Å². The average Bonchev–Trinajstić information content (AvgIpc) is 2.82. The van der Waals surface area contributed by atoms with Crippen molar-refractivity contribution in [2.75, 3.05) is 0 Å². The van der Waals surface area contributed by atoms with Gasteiger partial charge in [0, 0.05) is 26.7 Å². The van der Waals surface area contributed by atoms with Gasteiger partial charge in [-0.3, -0.25) is 0 Å². The summed E-state index contributed by atoms with van der Waals surface area (Å²) in [6, 6.07) is 31.1. The molecular weight excluding hydrogens is 504 g/mol. The summed E-state index contributed by atoms with van der Waals surface area (Å²) in [5.74, 6) is 0.921. The second-order valence-electron chi connectivity index (χ2n) is 12.1. The molecule has 0 atom stereocenters. The number of hydrogen-bond acceptors (Lipinski definition) is 1. The fourth-order valence-electron chi connectivity index (χ4n) is 5.20. The Hall–Kier alpha value is -2.84. The number of rotatable bonds is 2. The Labute approximate surface area is 224 Å². The van der Waals surface area contributed by atoms with Crippen molar-refractivity contribution in [1.82, 2.24) is 0 Å². The minimum Gasteiger partial charge on any atom is -0.472 e. The molecule has 1 heterocycles. The highest BCUT2D eigenvalue weighted by atomic mass is 79.9. The van der Waals surface area contributed by atoms with Gasteiger partial charge in [0.05, 0.1) is 0 Å². The molecule has 0 radical (unpaired) electrons. The van der Waals surface area contributed by atoms with Gasteiger partial charge < -0.3 is 4.74 Å². The third-order valence-corrected chi connectivity index (χ3v) is 7.86. The summed E-state index contributed by atoms with van der Waals surface area (Å²) >= 11 is 3.76. The van der Waals surface area contributed by atoms with Gasteiger partial charge >= 0.3 is 0 Å². The predicted octanol–water partition coefficient (Wildman–Crippen LogP) is 9.70. The van der Waals surface area contributed by atoms with E-state index >= 15 is 0 Å². The lowest BCUT2D eigenvalue weighted by Gasteiger charge is -2.42. The maximum absolute atomic E-state index is 7.18. The van der Waals surface area contributed by atoms with Crippen LogP contribution < -0.4 is 4.74 Å². The Balaban J connectivity index is 1.83. The highest BCUT2D eigenvalue weighted by Crippen LogP contribution is 2.52. The fraction of sp³-hybridized carbons (Fsp3) is 0.294. The van der Waals surface area contributed by atoms with E-state index in [2.05, 4.69) is 149 Å². The van der Waals surface area contributed by atoms with E-state index in [1.54, 1.807) is 0 Å². The van der Waals surface area contributed by atoms with Crippen molar-refractivity contribution in [2.24, 2.45) is 0 Å². The van der Waals surface area contributed by atoms with Crippen LogP contribution in [0.1, 0.15) is 74.9 Å². The van der Waals surface area contributed by atoms with E-state index in [0.29, 0.717) is 0 Å². The van der Waals surface area contributed by atoms with Gasteiger partial charge in [0.15, 0.2) is 5.60 Å². The van der Waals surface area contributed by atoms with Crippen LogP contribution in [0.5, 0.6) is 5.75 Å². The molecule has 36 heavy (non-hydrogen) atoms. The molecule has 0 bridgehead atoms. The van der Waals surface area contributed by atoms with Crippen molar-refractivity contribution in [3.05, 3.63) is 123 Å². The van der Waals surface area contributed by atoms with Crippen molar-refractivity contribution in [3.63, 3.8) is 0 Å². The first kappa shape index (κ1) is 24.8. The summed E-state index contributed by atoms with van der Waals surface area (Å²) in [7, 11) is 0. The molecule has 4 aromatic carbocycles. The molecule has 0 amide bonds. The van der Waals surface area contributed by atoms with Gasteiger partial charge in [0.2, 0.25) is 0 Å². The van der Waals surface area contributed by atoms with Crippen LogP contribution in [0.4, 0.5) is 0 Å². The van der Waals surface area contributed by atoms with Gasteiger partial charge in [-0.15, -0.1) is 0 Å². The summed E-state index contributed by atoms with van der Waals surface area (Å²) in [6.07, 6.45) is 0. The molecule has 0 unspecified atom stereocenters. The van der Waals surface area contributed by atoms with Crippen molar-refractivity contribution in [3.8, 4) is 16.9 Å². The lowest BCUT2D eigenvalue weighted by Crippen LogP contribution is -2.39. The Bertz CT molecular complexity index is 1360. The van der Waals surface area contributed by atoms with Gasteiger partial charge in [-0.25, -0.2) is 0 Å². The Morgan fingerprint density at radius 3 is 1.61 bits per heavy atom. The number of benzene rings is 4. The smallest absolute Gasteiger partial charge is 0.185 e. The van der Waals surface area contributed by atoms with Crippen molar-refractivity contribution in [2.45, 2.75) is 64.9 Å². The molecule has 1 nitrogen and oxygen atoms in total. The molecule has 5 rings (SSSR count). The quantitative estimate of drug-likeness (QED) is 0.246. The molecule has 0 fully saturated rings. The summed E-state index contributed by atoms with van der Waals surface area (Å²) < 4.78 is 8.23. The van der Waals surface area contributed by atoms with E-state index in [0.717, 1.165) is 32.5 Å². The van der Waals surface area contributed by atoms with Crippen molar-refractivity contribution >= 4 is 15.9 Å². The molecular formula is C34H35BrO. The summed E-state index contributed by atoms with van der Waals surface area (Å²) in [5.41, 5.74) is 8.96. The third-order valence-electron chi connectivity index (χ3n) is 7.37. The molecule has 0 saturated carbocycles. The molecule has 0 spiro atoms. The molecule has 0 aromatic heterocycles. The maximum Gasteiger partial charge on any atom is 0.185 e. The second kappa shape index (κ2) is 8.63. The highest BCUT2D eigenvalue weighted by Gasteiger charge is 2.44. The molecule has 0 saturated heterocycles. The van der Waals surface area contributed by atoms with Crippen LogP contribution in [-0.4, -0.2) is 0 Å². The van der Waals surface area contributed by atoms with E-state index in [1.807, 2.05) is 0 Å². The van der Waals surface area contributed by atoms with Gasteiger partial charge in [-0.05, 0) is 58.2 Å². The maximum atomic E-state index is 7.18. The van der Waals surface area contributed by atoms with Crippen LogP contribution in [0.25, 0.3) is 11.1 Å². The van der Waals surface area contributed by atoms with E-state index in [9.17, 15) is 0 Å². The lowest BCUT2D eigenvalue weighted by molar-refractivity contribution is 0.152. The second-order valence-corrected chi connectivity index (χ2v) is 13.0. The van der Waals surface area contributed by atoms with Crippen LogP contribution in [-0.2, 0) is 16.4 Å². The number of ether oxygens (including phenoxy) is 1. The highest BCUT2D eigenvalue weighted by molar-refractivity contribution is 9.10. The van der Waals surface area contributed by atoms with Crippen molar-refractivity contribution < 1.29 is 4.74 Å². The first-order chi connectivity index (χ1) is 16.9. The van der Waals surface area contributed by atoms with Gasteiger partial charge in [0.1, 0.15) is 5.75 Å². The zero-order valence-electron chi connectivity index (χ0n) is 22.4. The Kier molecular flexibility index (Phi) is 5.95. The van der Waals surface area contributed by atoms with Gasteiger partial charge in [-0.2, -0.15) is 0 Å². The molecule has 4 aromatic rings. The van der Waals surface area contributed by atoms with E-state index < -0.39 is 5.60 Å². The number of aryl methyl sites for hydroxylation is 1. The van der Waals surface area contributed by atoms with Crippen molar-refractivity contribution in [1.29, 1.82) is 0 Å². The monoisotopic (exact) mass is 538 g/mol. The molecule has 0 N–H and O–H groups in total. The van der Waals surface area contributed by atoms with Crippen LogP contribution in [0.3, 0.4) is 0 Å². The SMILES string of the molecule is Cc1ccc2c(c1)OC(c1ccc(C(C)(C)C)cc1)(c1ccc(C(C)(C)C)cc1)c1cc(Br)ccc1-2. The average molecular weight is 540 g/mol. The number of hydrogen-bond donors (Lipinski definition) is 0. The zero-order valence-corrected chi connectivity index (χ0v) is 24.0. The topological polar surface area (TPSA) is 9.23 Å². The predicted molar refractivity (Wildman–Crippen MR) is 155 cm³/mol. The van der Waals surface area contributed by atoms with E-state index in [1.165, 1.54) is 22.3 Å². The van der Waals surface area contributed by atoms with Gasteiger partial charge in [-0.1, -0.05) is 124 Å². The van der Waals surface area contributed by atoms with Crippen LogP contribution >= 0.6 is 15.9 Å². The largest absolute Gasteiger partial charge is 0.472 e. The van der Waals surface area contributed by atoms with Crippen LogP contribution in [0, 0.1) is 6.92 Å². The zero-order chi connectivity index (χ0) is 25.9. The molecule has 184 valence electrons. The lowest BCUT2D eigenvalue weighted by atomic mass is 9.73. The number of halogens is 1. The molecule has 2 heteroatoms. The van der Waals surface area contributed by atoms with Crippen LogP contribution in [0.15, 0.2) is 89.4 Å². The minimum absolute atomic E-state index is 0.0815.